The average molecular weight is 451 g/mol. The zero-order chi connectivity index (χ0) is 22.9. The van der Waals surface area contributed by atoms with Crippen molar-refractivity contribution in [1.29, 1.82) is 0 Å². The fraction of sp³-hybridized carbons (Fsp3) is 0.875. The molecule has 0 aromatic heterocycles. The van der Waals surface area contributed by atoms with Gasteiger partial charge in [0.05, 0.1) is 24.5 Å². The summed E-state index contributed by atoms with van der Waals surface area (Å²) < 4.78 is 29.6. The van der Waals surface area contributed by atoms with E-state index in [1.165, 1.54) is 13.8 Å². The lowest BCUT2D eigenvalue weighted by Gasteiger charge is -2.64. The minimum Gasteiger partial charge on any atom is -0.465 e. The topological polar surface area (TPSA) is 101 Å². The molecule has 8 heteroatoms. The quantitative estimate of drug-likeness (QED) is 0.366. The van der Waals surface area contributed by atoms with E-state index in [-0.39, 0.29) is 53.8 Å². The number of fused-ring (bicyclic) bond motifs is 3. The monoisotopic (exact) mass is 450 g/mol. The highest BCUT2D eigenvalue weighted by molar-refractivity contribution is 5.72. The van der Waals surface area contributed by atoms with Gasteiger partial charge in [-0.05, 0) is 37.5 Å². The van der Waals surface area contributed by atoms with Crippen molar-refractivity contribution < 1.29 is 38.1 Å². The maximum atomic E-state index is 12.1. The summed E-state index contributed by atoms with van der Waals surface area (Å²) >= 11 is 0. The van der Waals surface area contributed by atoms with Crippen LogP contribution in [0.25, 0.3) is 0 Å². The molecule has 9 atom stereocenters. The minimum absolute atomic E-state index is 0.0678. The lowest BCUT2D eigenvalue weighted by molar-refractivity contribution is -0.254. The zero-order valence-electron chi connectivity index (χ0n) is 19.4. The Morgan fingerprint density at radius 1 is 1.19 bits per heavy atom. The Hall–Kier alpha value is -1.67. The van der Waals surface area contributed by atoms with Gasteiger partial charge in [-0.15, -0.1) is 0 Å². The van der Waals surface area contributed by atoms with Gasteiger partial charge in [0.25, 0.3) is 0 Å². The first-order chi connectivity index (χ1) is 15.1. The molecule has 2 saturated carbocycles. The van der Waals surface area contributed by atoms with E-state index in [2.05, 4.69) is 13.8 Å². The van der Waals surface area contributed by atoms with Crippen LogP contribution in [0, 0.1) is 28.6 Å². The highest BCUT2D eigenvalue weighted by atomic mass is 16.7. The predicted octanol–water partition coefficient (Wildman–Crippen LogP) is 2.76. The van der Waals surface area contributed by atoms with E-state index in [1.54, 1.807) is 0 Å². The molecular weight excluding hydrogens is 416 g/mol. The minimum atomic E-state index is -0.623. The van der Waals surface area contributed by atoms with E-state index in [0.29, 0.717) is 19.4 Å². The van der Waals surface area contributed by atoms with Gasteiger partial charge in [-0.3, -0.25) is 14.4 Å². The number of carbonyl (C=O) groups is 3. The van der Waals surface area contributed by atoms with E-state index < -0.39 is 23.4 Å². The number of esters is 3. The fourth-order valence-electron chi connectivity index (χ4n) is 7.66. The molecule has 32 heavy (non-hydrogen) atoms. The highest BCUT2D eigenvalue weighted by Crippen LogP contribution is 2.70. The van der Waals surface area contributed by atoms with Crippen LogP contribution in [0.3, 0.4) is 0 Å². The Morgan fingerprint density at radius 2 is 1.94 bits per heavy atom. The van der Waals surface area contributed by atoms with Gasteiger partial charge in [0.15, 0.2) is 0 Å². The molecule has 5 rings (SSSR count). The molecule has 3 saturated heterocycles. The summed E-state index contributed by atoms with van der Waals surface area (Å²) in [4.78, 5) is 35.8. The first-order valence-electron chi connectivity index (χ1n) is 11.9. The third-order valence-electron chi connectivity index (χ3n) is 9.38. The second-order valence-electron chi connectivity index (χ2n) is 10.8. The van der Waals surface area contributed by atoms with Gasteiger partial charge < -0.3 is 23.7 Å². The number of carbonyl (C=O) groups excluding carboxylic acids is 3. The molecule has 3 aliphatic heterocycles. The molecule has 0 aromatic carbocycles. The van der Waals surface area contributed by atoms with Crippen LogP contribution in [-0.4, -0.2) is 55.2 Å². The third-order valence-corrected chi connectivity index (χ3v) is 9.38. The second kappa shape index (κ2) is 7.42. The predicted molar refractivity (Wildman–Crippen MR) is 110 cm³/mol. The van der Waals surface area contributed by atoms with Crippen molar-refractivity contribution in [3.63, 3.8) is 0 Å². The van der Waals surface area contributed by atoms with Crippen molar-refractivity contribution in [3.05, 3.63) is 0 Å². The SMILES string of the molecule is CC(=O)OC[C@@]12[C@@H](OC(C)=O)C[C@@H](C)[C@](C)([C@@H]3C[C@H]4CC(=O)O[C@H]4O3)[C@H]1CCC[C@]21CO1. The van der Waals surface area contributed by atoms with Crippen molar-refractivity contribution in [2.45, 2.75) is 90.3 Å². The molecule has 0 unspecified atom stereocenters. The molecule has 178 valence electrons. The number of ether oxygens (including phenoxy) is 5. The Morgan fingerprint density at radius 3 is 2.56 bits per heavy atom. The van der Waals surface area contributed by atoms with Crippen LogP contribution in [0.15, 0.2) is 0 Å². The summed E-state index contributed by atoms with van der Waals surface area (Å²) in [6.07, 6.45) is 3.64. The van der Waals surface area contributed by atoms with Crippen molar-refractivity contribution in [3.8, 4) is 0 Å². The summed E-state index contributed by atoms with van der Waals surface area (Å²) in [7, 11) is 0. The first-order valence-corrected chi connectivity index (χ1v) is 11.9. The second-order valence-corrected chi connectivity index (χ2v) is 10.8. The molecule has 2 aliphatic carbocycles. The molecule has 0 aromatic rings. The molecule has 0 amide bonds. The van der Waals surface area contributed by atoms with Crippen LogP contribution < -0.4 is 0 Å². The van der Waals surface area contributed by atoms with Gasteiger partial charge in [-0.25, -0.2) is 0 Å². The van der Waals surface area contributed by atoms with E-state index in [4.69, 9.17) is 23.7 Å². The summed E-state index contributed by atoms with van der Waals surface area (Å²) in [5.41, 5.74) is -1.34. The Kier molecular flexibility index (Phi) is 5.13. The summed E-state index contributed by atoms with van der Waals surface area (Å²) in [6.45, 7) is 8.07. The van der Waals surface area contributed by atoms with Crippen LogP contribution in [0.4, 0.5) is 0 Å². The Labute approximate surface area is 188 Å². The maximum absolute atomic E-state index is 12.1. The third kappa shape index (κ3) is 3.05. The van der Waals surface area contributed by atoms with Crippen LogP contribution >= 0.6 is 0 Å². The highest BCUT2D eigenvalue weighted by Gasteiger charge is 2.76. The smallest absolute Gasteiger partial charge is 0.308 e. The fourth-order valence-corrected chi connectivity index (χ4v) is 7.66. The molecular formula is C24H34O8. The molecule has 0 radical (unpaired) electrons. The van der Waals surface area contributed by atoms with Gasteiger partial charge in [-0.2, -0.15) is 0 Å². The van der Waals surface area contributed by atoms with E-state index in [9.17, 15) is 14.4 Å². The molecule has 0 N–H and O–H groups in total. The normalized spacial score (nSPS) is 49.2. The van der Waals surface area contributed by atoms with Crippen molar-refractivity contribution >= 4 is 17.9 Å². The van der Waals surface area contributed by atoms with Crippen molar-refractivity contribution in [2.75, 3.05) is 13.2 Å². The lowest BCUT2D eigenvalue weighted by Crippen LogP contribution is -2.69. The van der Waals surface area contributed by atoms with Gasteiger partial charge in [0, 0.05) is 25.2 Å². The van der Waals surface area contributed by atoms with Crippen LogP contribution in [0.2, 0.25) is 0 Å². The van der Waals surface area contributed by atoms with E-state index in [0.717, 1.165) is 25.7 Å². The summed E-state index contributed by atoms with van der Waals surface area (Å²) in [5.74, 6) is -0.525. The summed E-state index contributed by atoms with van der Waals surface area (Å²) in [6, 6.07) is 0. The largest absolute Gasteiger partial charge is 0.465 e. The van der Waals surface area contributed by atoms with E-state index >= 15 is 0 Å². The summed E-state index contributed by atoms with van der Waals surface area (Å²) in [5, 5.41) is 0. The Bertz CT molecular complexity index is 805. The van der Waals surface area contributed by atoms with E-state index in [1.807, 2.05) is 0 Å². The molecule has 5 fully saturated rings. The molecule has 3 heterocycles. The zero-order valence-corrected chi connectivity index (χ0v) is 19.4. The van der Waals surface area contributed by atoms with Crippen LogP contribution in [0.5, 0.6) is 0 Å². The number of epoxide rings is 1. The van der Waals surface area contributed by atoms with Crippen molar-refractivity contribution in [2.24, 2.45) is 28.6 Å². The molecule has 8 nitrogen and oxygen atoms in total. The number of hydrogen-bond donors (Lipinski definition) is 0. The lowest BCUT2D eigenvalue weighted by atomic mass is 9.42. The molecule has 0 bridgehead atoms. The molecule has 1 spiro atoms. The number of hydrogen-bond acceptors (Lipinski definition) is 8. The molecule has 5 aliphatic rings. The van der Waals surface area contributed by atoms with Gasteiger partial charge in [0.1, 0.15) is 18.3 Å². The van der Waals surface area contributed by atoms with Crippen LogP contribution in [0.1, 0.15) is 66.2 Å². The maximum Gasteiger partial charge on any atom is 0.308 e. The first kappa shape index (κ1) is 22.1. The van der Waals surface area contributed by atoms with Crippen molar-refractivity contribution in [1.82, 2.24) is 0 Å². The van der Waals surface area contributed by atoms with Crippen LogP contribution in [-0.2, 0) is 38.1 Å². The Balaban J connectivity index is 1.56. The van der Waals surface area contributed by atoms with Gasteiger partial charge in [-0.1, -0.05) is 20.3 Å². The average Bonchev–Trinajstić information content (AvgIpc) is 3.24. The number of rotatable bonds is 4. The standard InChI is InChI=1S/C24H34O8/c1-13-8-19(30-15(3)26)24(12-28-14(2)25)17(6-5-7-23(24)11-29-23)22(13,4)18-9-16-10-20(27)32-21(16)31-18/h13,16-19,21H,5-12H2,1-4H3/t13-,16+,17-,18+,19+,21-,22+,23+,24+/m1/s1. The van der Waals surface area contributed by atoms with Gasteiger partial charge in [0.2, 0.25) is 6.29 Å². The van der Waals surface area contributed by atoms with Gasteiger partial charge >= 0.3 is 17.9 Å².